The second-order valence-corrected chi connectivity index (χ2v) is 4.55. The highest BCUT2D eigenvalue weighted by atomic mass is 35.5. The molecule has 1 aromatic rings. The second-order valence-electron chi connectivity index (χ2n) is 4.55. The van der Waals surface area contributed by atoms with Gasteiger partial charge in [0.2, 0.25) is 0 Å². The summed E-state index contributed by atoms with van der Waals surface area (Å²) in [5.74, 6) is 0. The highest BCUT2D eigenvalue weighted by Gasteiger charge is 2.37. The van der Waals surface area contributed by atoms with E-state index in [2.05, 4.69) is 19.2 Å². The topological polar surface area (TPSA) is 38.3 Å². The van der Waals surface area contributed by atoms with E-state index in [9.17, 15) is 4.79 Å². The van der Waals surface area contributed by atoms with Gasteiger partial charge in [0.05, 0.1) is 6.04 Å². The van der Waals surface area contributed by atoms with Crippen LogP contribution in [0.3, 0.4) is 0 Å². The second kappa shape index (κ2) is 4.74. The number of alkyl carbamates (subject to hydrolysis) is 1. The van der Waals surface area contributed by atoms with Crippen LogP contribution >= 0.6 is 12.4 Å². The predicted molar refractivity (Wildman–Crippen MR) is 64.7 cm³/mol. The van der Waals surface area contributed by atoms with Crippen LogP contribution in [0.5, 0.6) is 0 Å². The van der Waals surface area contributed by atoms with E-state index in [0.29, 0.717) is 6.61 Å². The number of ether oxygens (including phenoxy) is 1. The van der Waals surface area contributed by atoms with Gasteiger partial charge in [0.1, 0.15) is 6.61 Å². The smallest absolute Gasteiger partial charge is 0.407 e. The molecule has 0 aliphatic carbocycles. The lowest BCUT2D eigenvalue weighted by molar-refractivity contribution is 0.0387. The number of hydrogen-bond donors (Lipinski definition) is 1. The van der Waals surface area contributed by atoms with Crippen LogP contribution in [0.15, 0.2) is 30.3 Å². The molecule has 1 aliphatic heterocycles. The third-order valence-electron chi connectivity index (χ3n) is 2.75. The van der Waals surface area contributed by atoms with Gasteiger partial charge in [-0.1, -0.05) is 44.2 Å². The summed E-state index contributed by atoms with van der Waals surface area (Å²) in [6, 6.07) is 10.0. The van der Waals surface area contributed by atoms with Crippen molar-refractivity contribution in [3.05, 3.63) is 35.9 Å². The molecule has 0 bridgehead atoms. The molecule has 1 saturated heterocycles. The molecule has 2 rings (SSSR count). The molecule has 0 saturated carbocycles. The average molecular weight is 242 g/mol. The number of amides is 1. The van der Waals surface area contributed by atoms with Crippen molar-refractivity contribution >= 4 is 18.5 Å². The molecule has 0 aromatic heterocycles. The van der Waals surface area contributed by atoms with Crippen molar-refractivity contribution in [1.29, 1.82) is 0 Å². The predicted octanol–water partition coefficient (Wildman–Crippen LogP) is 2.92. The number of benzene rings is 1. The average Bonchev–Trinajstić information content (AvgIpc) is 2.23. The van der Waals surface area contributed by atoms with Gasteiger partial charge in [-0.05, 0) is 5.56 Å². The van der Waals surface area contributed by atoms with E-state index in [1.807, 2.05) is 30.3 Å². The van der Waals surface area contributed by atoms with E-state index in [0.717, 1.165) is 5.56 Å². The van der Waals surface area contributed by atoms with Crippen LogP contribution in [0, 0.1) is 5.41 Å². The Bertz CT molecular complexity index is 365. The number of halogens is 1. The summed E-state index contributed by atoms with van der Waals surface area (Å²) in [5.41, 5.74) is 1.05. The Balaban J connectivity index is 0.00000128. The van der Waals surface area contributed by atoms with Gasteiger partial charge < -0.3 is 10.1 Å². The molecule has 88 valence electrons. The van der Waals surface area contributed by atoms with Gasteiger partial charge in [-0.25, -0.2) is 4.79 Å². The van der Waals surface area contributed by atoms with Crippen LogP contribution in [0.25, 0.3) is 0 Å². The molecule has 0 unspecified atom stereocenters. The van der Waals surface area contributed by atoms with Crippen LogP contribution in [0.1, 0.15) is 25.5 Å². The Hall–Kier alpha value is -1.22. The molecule has 1 heterocycles. The van der Waals surface area contributed by atoms with Crippen molar-refractivity contribution in [2.45, 2.75) is 19.9 Å². The number of carbonyl (C=O) groups is 1. The summed E-state index contributed by atoms with van der Waals surface area (Å²) in [4.78, 5) is 11.2. The van der Waals surface area contributed by atoms with E-state index in [1.54, 1.807) is 0 Å². The normalized spacial score (nSPS) is 22.6. The van der Waals surface area contributed by atoms with Crippen molar-refractivity contribution in [2.24, 2.45) is 5.41 Å². The lowest BCUT2D eigenvalue weighted by Gasteiger charge is -2.38. The SMILES string of the molecule is CC1(C)COC(=O)N[C@@H]1c1ccccc1.Cl. The molecule has 3 nitrogen and oxygen atoms in total. The fourth-order valence-electron chi connectivity index (χ4n) is 1.87. The van der Waals surface area contributed by atoms with Crippen molar-refractivity contribution < 1.29 is 9.53 Å². The van der Waals surface area contributed by atoms with Gasteiger partial charge in [-0.15, -0.1) is 12.4 Å². The van der Waals surface area contributed by atoms with Crippen molar-refractivity contribution in [2.75, 3.05) is 6.61 Å². The van der Waals surface area contributed by atoms with Gasteiger partial charge in [0.15, 0.2) is 0 Å². The van der Waals surface area contributed by atoms with Crippen LogP contribution in [0.2, 0.25) is 0 Å². The van der Waals surface area contributed by atoms with Crippen molar-refractivity contribution in [3.63, 3.8) is 0 Å². The monoisotopic (exact) mass is 241 g/mol. The van der Waals surface area contributed by atoms with Crippen molar-refractivity contribution in [3.8, 4) is 0 Å². The molecule has 16 heavy (non-hydrogen) atoms. The van der Waals surface area contributed by atoms with Crippen LogP contribution in [-0.4, -0.2) is 12.7 Å². The first-order valence-corrected chi connectivity index (χ1v) is 5.08. The number of carbonyl (C=O) groups excluding carboxylic acids is 1. The third-order valence-corrected chi connectivity index (χ3v) is 2.75. The molecule has 1 aliphatic rings. The molecule has 1 atom stereocenters. The maximum absolute atomic E-state index is 11.2. The van der Waals surface area contributed by atoms with Crippen LogP contribution < -0.4 is 5.32 Å². The third kappa shape index (κ3) is 2.47. The number of rotatable bonds is 1. The molecule has 0 spiro atoms. The molecule has 4 heteroatoms. The summed E-state index contributed by atoms with van der Waals surface area (Å²) >= 11 is 0. The Labute approximate surface area is 102 Å². The Morgan fingerprint density at radius 2 is 1.94 bits per heavy atom. The lowest BCUT2D eigenvalue weighted by atomic mass is 9.80. The molecule has 1 amide bonds. The van der Waals surface area contributed by atoms with E-state index in [-0.39, 0.29) is 30.0 Å². The standard InChI is InChI=1S/C12H15NO2.ClH/c1-12(2)8-15-11(14)13-10(12)9-6-4-3-5-7-9;/h3-7,10H,8H2,1-2H3,(H,13,14);1H/t10-;/m1./s1. The highest BCUT2D eigenvalue weighted by molar-refractivity contribution is 5.85. The molecule has 1 N–H and O–H groups in total. The fourth-order valence-corrected chi connectivity index (χ4v) is 1.87. The van der Waals surface area contributed by atoms with E-state index in [4.69, 9.17) is 4.74 Å². The lowest BCUT2D eigenvalue weighted by Crippen LogP contribution is -2.46. The van der Waals surface area contributed by atoms with E-state index < -0.39 is 0 Å². The zero-order valence-electron chi connectivity index (χ0n) is 9.40. The van der Waals surface area contributed by atoms with E-state index in [1.165, 1.54) is 0 Å². The first-order valence-electron chi connectivity index (χ1n) is 5.08. The molecule has 1 aromatic carbocycles. The van der Waals surface area contributed by atoms with Gasteiger partial charge >= 0.3 is 6.09 Å². The summed E-state index contributed by atoms with van der Waals surface area (Å²) in [6.45, 7) is 4.63. The van der Waals surface area contributed by atoms with Crippen molar-refractivity contribution in [1.82, 2.24) is 5.32 Å². The maximum Gasteiger partial charge on any atom is 0.407 e. The van der Waals surface area contributed by atoms with Gasteiger partial charge in [-0.2, -0.15) is 0 Å². The van der Waals surface area contributed by atoms with Gasteiger partial charge in [-0.3, -0.25) is 0 Å². The zero-order chi connectivity index (χ0) is 10.9. The van der Waals surface area contributed by atoms with E-state index >= 15 is 0 Å². The first kappa shape index (κ1) is 12.8. The quantitative estimate of drug-likeness (QED) is 0.821. The summed E-state index contributed by atoms with van der Waals surface area (Å²) in [7, 11) is 0. The van der Waals surface area contributed by atoms with Gasteiger partial charge in [0, 0.05) is 5.41 Å². The fraction of sp³-hybridized carbons (Fsp3) is 0.417. The Morgan fingerprint density at radius 1 is 1.31 bits per heavy atom. The largest absolute Gasteiger partial charge is 0.449 e. The minimum Gasteiger partial charge on any atom is -0.449 e. The highest BCUT2D eigenvalue weighted by Crippen LogP contribution is 2.35. The van der Waals surface area contributed by atoms with Crippen LogP contribution in [-0.2, 0) is 4.74 Å². The first-order chi connectivity index (χ1) is 7.09. The maximum atomic E-state index is 11.2. The molecular formula is C12H16ClNO2. The number of nitrogens with one attached hydrogen (secondary N) is 1. The minimum absolute atomic E-state index is 0. The Morgan fingerprint density at radius 3 is 2.56 bits per heavy atom. The zero-order valence-corrected chi connectivity index (χ0v) is 10.2. The Kier molecular flexibility index (Phi) is 3.81. The minimum atomic E-state index is -0.330. The summed E-state index contributed by atoms with van der Waals surface area (Å²) in [6.07, 6.45) is -0.330. The molecule has 0 radical (unpaired) electrons. The number of hydrogen-bond acceptors (Lipinski definition) is 2. The van der Waals surface area contributed by atoms with Gasteiger partial charge in [0.25, 0.3) is 0 Å². The molecule has 1 fully saturated rings. The summed E-state index contributed by atoms with van der Waals surface area (Å²) < 4.78 is 4.99. The molecular weight excluding hydrogens is 226 g/mol. The number of cyclic esters (lactones) is 1. The van der Waals surface area contributed by atoms with Crippen LogP contribution in [0.4, 0.5) is 4.79 Å². The summed E-state index contributed by atoms with van der Waals surface area (Å²) in [5, 5.41) is 2.86.